The van der Waals surface area contributed by atoms with Crippen LogP contribution in [0, 0.1) is 11.3 Å². The fourth-order valence-electron chi connectivity index (χ4n) is 3.20. The van der Waals surface area contributed by atoms with Crippen molar-refractivity contribution in [2.75, 3.05) is 37.0 Å². The summed E-state index contributed by atoms with van der Waals surface area (Å²) in [4.78, 5) is 12.6. The van der Waals surface area contributed by atoms with E-state index in [1.807, 2.05) is 41.7 Å². The standard InChI is InChI=1S/C17H19N9/c1-24(2)15-4-3-14-21-22-17(26(14)23-15)12-5-7-25(8-6-12)16-11-19-13(9-18)10-20-16/h3-4,10-12H,5-8H2,1-2H3. The average molecular weight is 349 g/mol. The van der Waals surface area contributed by atoms with Gasteiger partial charge in [-0.05, 0) is 25.0 Å². The number of nitriles is 1. The van der Waals surface area contributed by atoms with E-state index in [0.29, 0.717) is 11.6 Å². The third-order valence-electron chi connectivity index (χ3n) is 4.67. The van der Waals surface area contributed by atoms with Crippen molar-refractivity contribution in [2.24, 2.45) is 0 Å². The quantitative estimate of drug-likeness (QED) is 0.696. The van der Waals surface area contributed by atoms with Gasteiger partial charge in [-0.15, -0.1) is 15.3 Å². The van der Waals surface area contributed by atoms with Gasteiger partial charge in [0.2, 0.25) is 0 Å². The largest absolute Gasteiger partial charge is 0.361 e. The van der Waals surface area contributed by atoms with Crippen LogP contribution in [0.1, 0.15) is 30.3 Å². The molecule has 0 amide bonds. The minimum atomic E-state index is 0.303. The second kappa shape index (κ2) is 6.55. The summed E-state index contributed by atoms with van der Waals surface area (Å²) in [5, 5.41) is 22.1. The first-order valence-corrected chi connectivity index (χ1v) is 8.52. The minimum Gasteiger partial charge on any atom is -0.361 e. The first-order chi connectivity index (χ1) is 12.7. The van der Waals surface area contributed by atoms with E-state index in [4.69, 9.17) is 5.26 Å². The predicted octanol–water partition coefficient (Wildman–Crippen LogP) is 1.24. The lowest BCUT2D eigenvalue weighted by Crippen LogP contribution is -2.34. The van der Waals surface area contributed by atoms with E-state index in [2.05, 4.69) is 30.2 Å². The molecule has 1 aliphatic heterocycles. The molecule has 0 bridgehead atoms. The molecule has 1 saturated heterocycles. The number of hydrogen-bond acceptors (Lipinski definition) is 8. The molecule has 0 aromatic carbocycles. The number of piperidine rings is 1. The van der Waals surface area contributed by atoms with E-state index in [1.165, 1.54) is 6.20 Å². The second-order valence-corrected chi connectivity index (χ2v) is 6.55. The molecule has 9 heteroatoms. The molecule has 26 heavy (non-hydrogen) atoms. The summed E-state index contributed by atoms with van der Waals surface area (Å²) in [5.74, 6) is 2.90. The van der Waals surface area contributed by atoms with E-state index in [1.54, 1.807) is 6.20 Å². The van der Waals surface area contributed by atoms with Crippen molar-refractivity contribution < 1.29 is 0 Å². The van der Waals surface area contributed by atoms with Crippen LogP contribution in [-0.2, 0) is 0 Å². The van der Waals surface area contributed by atoms with Gasteiger partial charge in [0, 0.05) is 33.1 Å². The topological polar surface area (TPSA) is 99.1 Å². The van der Waals surface area contributed by atoms with Crippen molar-refractivity contribution in [3.63, 3.8) is 0 Å². The number of aromatic nitrogens is 6. The molecule has 9 nitrogen and oxygen atoms in total. The number of rotatable bonds is 3. The van der Waals surface area contributed by atoms with Crippen LogP contribution in [0.15, 0.2) is 24.5 Å². The predicted molar refractivity (Wildman–Crippen MR) is 96.0 cm³/mol. The Bertz CT molecular complexity index is 947. The maximum absolute atomic E-state index is 8.83. The third kappa shape index (κ3) is 2.90. The Kier molecular flexibility index (Phi) is 4.08. The molecule has 0 unspecified atom stereocenters. The van der Waals surface area contributed by atoms with Gasteiger partial charge in [-0.2, -0.15) is 9.78 Å². The molecule has 3 aromatic heterocycles. The molecule has 0 spiro atoms. The highest BCUT2D eigenvalue weighted by atomic mass is 15.4. The fourth-order valence-corrected chi connectivity index (χ4v) is 3.20. The monoisotopic (exact) mass is 349 g/mol. The Morgan fingerprint density at radius 3 is 2.58 bits per heavy atom. The zero-order chi connectivity index (χ0) is 18.1. The molecule has 0 radical (unpaired) electrons. The molecular formula is C17H19N9. The van der Waals surface area contributed by atoms with Crippen LogP contribution in [0.2, 0.25) is 0 Å². The van der Waals surface area contributed by atoms with Gasteiger partial charge in [-0.25, -0.2) is 9.97 Å². The van der Waals surface area contributed by atoms with Gasteiger partial charge in [0.15, 0.2) is 17.2 Å². The number of nitrogens with zero attached hydrogens (tertiary/aromatic N) is 9. The molecule has 0 N–H and O–H groups in total. The summed E-state index contributed by atoms with van der Waals surface area (Å²) in [5.41, 5.74) is 1.10. The van der Waals surface area contributed by atoms with Gasteiger partial charge >= 0.3 is 0 Å². The number of anilines is 2. The zero-order valence-electron chi connectivity index (χ0n) is 14.7. The van der Waals surface area contributed by atoms with Crippen LogP contribution < -0.4 is 9.80 Å². The Balaban J connectivity index is 1.51. The smallest absolute Gasteiger partial charge is 0.178 e. The highest BCUT2D eigenvalue weighted by Gasteiger charge is 2.26. The molecule has 3 aromatic rings. The van der Waals surface area contributed by atoms with E-state index < -0.39 is 0 Å². The minimum absolute atomic E-state index is 0.303. The Morgan fingerprint density at radius 1 is 1.12 bits per heavy atom. The summed E-state index contributed by atoms with van der Waals surface area (Å²) >= 11 is 0. The first-order valence-electron chi connectivity index (χ1n) is 8.52. The lowest BCUT2D eigenvalue weighted by molar-refractivity contribution is 0.475. The molecule has 0 saturated carbocycles. The average Bonchev–Trinajstić information content (AvgIpc) is 3.11. The van der Waals surface area contributed by atoms with E-state index in [9.17, 15) is 0 Å². The summed E-state index contributed by atoms with van der Waals surface area (Å²) in [7, 11) is 3.94. The lowest BCUT2D eigenvalue weighted by atomic mass is 9.96. The molecule has 4 heterocycles. The molecule has 0 atom stereocenters. The Morgan fingerprint density at radius 2 is 1.92 bits per heavy atom. The van der Waals surface area contributed by atoms with Crippen molar-refractivity contribution in [2.45, 2.75) is 18.8 Å². The van der Waals surface area contributed by atoms with Crippen LogP contribution >= 0.6 is 0 Å². The molecule has 1 fully saturated rings. The first kappa shape index (κ1) is 16.2. The van der Waals surface area contributed by atoms with Crippen molar-refractivity contribution >= 4 is 17.3 Å². The molecule has 132 valence electrons. The Labute approximate surface area is 150 Å². The maximum atomic E-state index is 8.83. The zero-order valence-corrected chi connectivity index (χ0v) is 14.7. The van der Waals surface area contributed by atoms with Crippen LogP contribution in [0.3, 0.4) is 0 Å². The van der Waals surface area contributed by atoms with E-state index >= 15 is 0 Å². The van der Waals surface area contributed by atoms with E-state index in [0.717, 1.165) is 49.0 Å². The van der Waals surface area contributed by atoms with Crippen LogP contribution in [0.5, 0.6) is 0 Å². The van der Waals surface area contributed by atoms with Crippen molar-refractivity contribution in [1.82, 2.24) is 29.8 Å². The van der Waals surface area contributed by atoms with Gasteiger partial charge in [0.1, 0.15) is 17.7 Å². The molecule has 1 aliphatic rings. The van der Waals surface area contributed by atoms with Gasteiger partial charge in [0.25, 0.3) is 0 Å². The molecular weight excluding hydrogens is 330 g/mol. The van der Waals surface area contributed by atoms with Crippen LogP contribution in [-0.4, -0.2) is 57.0 Å². The lowest BCUT2D eigenvalue weighted by Gasteiger charge is -2.31. The number of hydrogen-bond donors (Lipinski definition) is 0. The second-order valence-electron chi connectivity index (χ2n) is 6.55. The van der Waals surface area contributed by atoms with Gasteiger partial charge in [-0.3, -0.25) is 0 Å². The summed E-state index contributed by atoms with van der Waals surface area (Å²) in [6.45, 7) is 1.71. The van der Waals surface area contributed by atoms with Gasteiger partial charge in [-0.1, -0.05) is 0 Å². The SMILES string of the molecule is CN(C)c1ccc2nnc(C3CCN(c4cnc(C#N)cn4)CC3)n2n1. The highest BCUT2D eigenvalue weighted by molar-refractivity contribution is 5.45. The fraction of sp³-hybridized carbons (Fsp3) is 0.412. The highest BCUT2D eigenvalue weighted by Crippen LogP contribution is 2.29. The van der Waals surface area contributed by atoms with Crippen LogP contribution in [0.4, 0.5) is 11.6 Å². The van der Waals surface area contributed by atoms with Gasteiger partial charge < -0.3 is 9.80 Å². The third-order valence-corrected chi connectivity index (χ3v) is 4.67. The summed E-state index contributed by atoms with van der Waals surface area (Å²) < 4.78 is 1.86. The van der Waals surface area contributed by atoms with Gasteiger partial charge in [0.05, 0.1) is 12.4 Å². The van der Waals surface area contributed by atoms with Crippen molar-refractivity contribution in [3.05, 3.63) is 36.0 Å². The summed E-state index contributed by atoms with van der Waals surface area (Å²) in [6.07, 6.45) is 5.06. The van der Waals surface area contributed by atoms with Crippen LogP contribution in [0.25, 0.3) is 5.65 Å². The number of fused-ring (bicyclic) bond motifs is 1. The van der Waals surface area contributed by atoms with E-state index in [-0.39, 0.29) is 0 Å². The molecule has 4 rings (SSSR count). The normalized spacial score (nSPS) is 15.2. The maximum Gasteiger partial charge on any atom is 0.178 e. The van der Waals surface area contributed by atoms with Crippen molar-refractivity contribution in [1.29, 1.82) is 5.26 Å². The van der Waals surface area contributed by atoms with Crippen molar-refractivity contribution in [3.8, 4) is 6.07 Å². The summed E-state index contributed by atoms with van der Waals surface area (Å²) in [6, 6.07) is 5.88. The molecule has 0 aliphatic carbocycles. The Hall–Kier alpha value is -3.28.